The molecule has 3 rings (SSSR count). The van der Waals surface area contributed by atoms with Crippen LogP contribution >= 0.6 is 0 Å². The van der Waals surface area contributed by atoms with Crippen molar-refractivity contribution in [3.63, 3.8) is 0 Å². The number of aliphatic hydroxyl groups excluding tert-OH is 1. The minimum Gasteiger partial charge on any atom is -0.454 e. The summed E-state index contributed by atoms with van der Waals surface area (Å²) in [5, 5.41) is 21.6. The third-order valence-electron chi connectivity index (χ3n) is 4.33. The summed E-state index contributed by atoms with van der Waals surface area (Å²) in [5.41, 5.74) is 6.26. The van der Waals surface area contributed by atoms with Crippen LogP contribution in [0.4, 0.5) is 5.69 Å². The summed E-state index contributed by atoms with van der Waals surface area (Å²) >= 11 is 0. The highest BCUT2D eigenvalue weighted by atomic mass is 16.7. The van der Waals surface area contributed by atoms with Crippen LogP contribution in [0.2, 0.25) is 0 Å². The minimum absolute atomic E-state index is 0.0381. The highest BCUT2D eigenvalue weighted by Gasteiger charge is 2.34. The first-order chi connectivity index (χ1) is 10.1. The van der Waals surface area contributed by atoms with Crippen LogP contribution in [0.25, 0.3) is 0 Å². The van der Waals surface area contributed by atoms with Gasteiger partial charge in [0, 0.05) is 0 Å². The first kappa shape index (κ1) is 14.1. The number of nitro groups is 1. The quantitative estimate of drug-likeness (QED) is 0.648. The minimum atomic E-state index is -0.803. The second-order valence-electron chi connectivity index (χ2n) is 5.58. The Morgan fingerprint density at radius 3 is 2.52 bits per heavy atom. The molecular weight excluding hydrogens is 276 g/mol. The van der Waals surface area contributed by atoms with Gasteiger partial charge in [-0.1, -0.05) is 12.8 Å². The van der Waals surface area contributed by atoms with E-state index in [0.29, 0.717) is 17.1 Å². The maximum absolute atomic E-state index is 11.2. The Kier molecular flexibility index (Phi) is 3.69. The van der Waals surface area contributed by atoms with Gasteiger partial charge in [0.2, 0.25) is 6.79 Å². The number of nitrogens with zero attached hydrogens (tertiary/aromatic N) is 1. The summed E-state index contributed by atoms with van der Waals surface area (Å²) in [6.45, 7) is 0.0381. The normalized spacial score (nSPS) is 20.5. The molecule has 1 fully saturated rings. The highest BCUT2D eigenvalue weighted by Crippen LogP contribution is 2.42. The fourth-order valence-corrected chi connectivity index (χ4v) is 3.15. The van der Waals surface area contributed by atoms with Crippen LogP contribution < -0.4 is 15.2 Å². The molecule has 2 aliphatic rings. The molecule has 0 amide bonds. The maximum atomic E-state index is 11.2. The average molecular weight is 294 g/mol. The number of fused-ring (bicyclic) bond motifs is 1. The van der Waals surface area contributed by atoms with E-state index in [4.69, 9.17) is 15.2 Å². The van der Waals surface area contributed by atoms with Crippen LogP contribution in [0.15, 0.2) is 12.1 Å². The van der Waals surface area contributed by atoms with E-state index in [1.807, 2.05) is 0 Å². The Balaban J connectivity index is 1.94. The Morgan fingerprint density at radius 1 is 1.29 bits per heavy atom. The summed E-state index contributed by atoms with van der Waals surface area (Å²) in [4.78, 5) is 10.7. The predicted octanol–water partition coefficient (Wildman–Crippen LogP) is 1.87. The van der Waals surface area contributed by atoms with Gasteiger partial charge in [-0.3, -0.25) is 10.1 Å². The van der Waals surface area contributed by atoms with E-state index in [0.717, 1.165) is 25.7 Å². The number of hydrogen-bond donors (Lipinski definition) is 2. The lowest BCUT2D eigenvalue weighted by Crippen LogP contribution is -2.32. The highest BCUT2D eigenvalue weighted by molar-refractivity contribution is 5.56. The molecule has 0 bridgehead atoms. The van der Waals surface area contributed by atoms with Crippen LogP contribution in [0.3, 0.4) is 0 Å². The molecule has 0 spiro atoms. The van der Waals surface area contributed by atoms with Crippen LogP contribution in [-0.2, 0) is 0 Å². The average Bonchev–Trinajstić information content (AvgIpc) is 3.14. The van der Waals surface area contributed by atoms with E-state index in [-0.39, 0.29) is 18.4 Å². The van der Waals surface area contributed by atoms with Crippen molar-refractivity contribution in [1.82, 2.24) is 0 Å². The van der Waals surface area contributed by atoms with Gasteiger partial charge in [-0.15, -0.1) is 0 Å². The molecule has 3 N–H and O–H groups in total. The topological polar surface area (TPSA) is 108 Å². The van der Waals surface area contributed by atoms with E-state index in [1.54, 1.807) is 0 Å². The molecule has 114 valence electrons. The van der Waals surface area contributed by atoms with Crippen molar-refractivity contribution in [1.29, 1.82) is 0 Å². The van der Waals surface area contributed by atoms with E-state index in [2.05, 4.69) is 0 Å². The first-order valence-corrected chi connectivity index (χ1v) is 7.09. The van der Waals surface area contributed by atoms with Gasteiger partial charge in [0.1, 0.15) is 0 Å². The van der Waals surface area contributed by atoms with E-state index in [9.17, 15) is 15.2 Å². The fraction of sp³-hybridized carbons (Fsp3) is 0.571. The second kappa shape index (κ2) is 5.50. The van der Waals surface area contributed by atoms with Gasteiger partial charge < -0.3 is 20.3 Å². The number of nitrogens with two attached hydrogens (primary N) is 1. The number of nitro benzene ring substituents is 1. The molecule has 7 heteroatoms. The van der Waals surface area contributed by atoms with E-state index in [1.165, 1.54) is 12.1 Å². The number of ether oxygens (including phenoxy) is 2. The lowest BCUT2D eigenvalue weighted by atomic mass is 9.90. The van der Waals surface area contributed by atoms with Gasteiger partial charge in [-0.2, -0.15) is 0 Å². The van der Waals surface area contributed by atoms with Crippen molar-refractivity contribution in [2.45, 2.75) is 37.8 Å². The number of hydrogen-bond acceptors (Lipinski definition) is 6. The standard InChI is InChI=1S/C14H18N2O5/c15-13(14(17)8-3-1-2-4-8)9-5-11-12(21-7-20-11)6-10(9)16(18)19/h5-6,8,13-14,17H,1-4,7,15H2/t13-,14+/m1/s1. The molecule has 1 saturated carbocycles. The van der Waals surface area contributed by atoms with Crippen molar-refractivity contribution in [3.05, 3.63) is 27.8 Å². The molecule has 1 heterocycles. The molecule has 0 radical (unpaired) electrons. The summed E-state index contributed by atoms with van der Waals surface area (Å²) in [6.07, 6.45) is 3.17. The van der Waals surface area contributed by atoms with Crippen LogP contribution in [-0.4, -0.2) is 22.9 Å². The molecular formula is C14H18N2O5. The van der Waals surface area contributed by atoms with Crippen molar-refractivity contribution in [2.75, 3.05) is 6.79 Å². The number of rotatable bonds is 4. The van der Waals surface area contributed by atoms with Crippen molar-refractivity contribution in [2.24, 2.45) is 11.7 Å². The molecule has 1 aliphatic carbocycles. The van der Waals surface area contributed by atoms with Crippen LogP contribution in [0.1, 0.15) is 37.3 Å². The van der Waals surface area contributed by atoms with Gasteiger partial charge in [-0.05, 0) is 24.8 Å². The second-order valence-corrected chi connectivity index (χ2v) is 5.58. The summed E-state index contributed by atoms with van der Waals surface area (Å²) < 4.78 is 10.4. The number of aliphatic hydroxyl groups is 1. The molecule has 0 saturated heterocycles. The van der Waals surface area contributed by atoms with Crippen molar-refractivity contribution >= 4 is 5.69 Å². The molecule has 1 aromatic carbocycles. The van der Waals surface area contributed by atoms with Crippen molar-refractivity contribution in [3.8, 4) is 11.5 Å². The zero-order valence-corrected chi connectivity index (χ0v) is 11.5. The van der Waals surface area contributed by atoms with Crippen LogP contribution in [0.5, 0.6) is 11.5 Å². The van der Waals surface area contributed by atoms with E-state index < -0.39 is 17.1 Å². The Hall–Kier alpha value is -1.86. The first-order valence-electron chi connectivity index (χ1n) is 7.09. The Labute approximate surface area is 121 Å². The lowest BCUT2D eigenvalue weighted by Gasteiger charge is -2.24. The summed E-state index contributed by atoms with van der Waals surface area (Å²) in [7, 11) is 0. The monoisotopic (exact) mass is 294 g/mol. The smallest absolute Gasteiger partial charge is 0.278 e. The third kappa shape index (κ3) is 2.54. The molecule has 7 nitrogen and oxygen atoms in total. The maximum Gasteiger partial charge on any atom is 0.278 e. The molecule has 21 heavy (non-hydrogen) atoms. The third-order valence-corrected chi connectivity index (χ3v) is 4.33. The van der Waals surface area contributed by atoms with E-state index >= 15 is 0 Å². The molecule has 0 aromatic heterocycles. The zero-order chi connectivity index (χ0) is 15.0. The van der Waals surface area contributed by atoms with Gasteiger partial charge >= 0.3 is 0 Å². The molecule has 2 atom stereocenters. The van der Waals surface area contributed by atoms with Gasteiger partial charge in [0.15, 0.2) is 11.5 Å². The molecule has 0 unspecified atom stereocenters. The SMILES string of the molecule is N[C@H](c1cc2c(cc1[N+](=O)[O-])OCO2)[C@@H](O)C1CCCC1. The molecule has 1 aromatic rings. The zero-order valence-electron chi connectivity index (χ0n) is 11.5. The van der Waals surface area contributed by atoms with Crippen molar-refractivity contribution < 1.29 is 19.5 Å². The van der Waals surface area contributed by atoms with Crippen LogP contribution in [0, 0.1) is 16.0 Å². The summed E-state index contributed by atoms with van der Waals surface area (Å²) in [6, 6.07) is 2.03. The van der Waals surface area contributed by atoms with Gasteiger partial charge in [0.05, 0.1) is 28.7 Å². The predicted molar refractivity (Wildman–Crippen MR) is 74.1 cm³/mol. The van der Waals surface area contributed by atoms with Gasteiger partial charge in [0.25, 0.3) is 5.69 Å². The lowest BCUT2D eigenvalue weighted by molar-refractivity contribution is -0.385. The summed E-state index contributed by atoms with van der Waals surface area (Å²) in [5.74, 6) is 0.878. The Bertz CT molecular complexity index is 557. The molecule has 1 aliphatic heterocycles. The largest absolute Gasteiger partial charge is 0.454 e. The van der Waals surface area contributed by atoms with Gasteiger partial charge in [-0.25, -0.2) is 0 Å². The number of benzene rings is 1. The fourth-order valence-electron chi connectivity index (χ4n) is 3.15. The Morgan fingerprint density at radius 2 is 1.90 bits per heavy atom.